The normalized spacial score (nSPS) is 25.0. The molecule has 2 heterocycles. The van der Waals surface area contributed by atoms with Crippen molar-refractivity contribution in [2.45, 2.75) is 86.4 Å². The van der Waals surface area contributed by atoms with Crippen molar-refractivity contribution in [2.24, 2.45) is 5.92 Å². The predicted molar refractivity (Wildman–Crippen MR) is 158 cm³/mol. The highest BCUT2D eigenvalue weighted by Gasteiger charge is 2.46. The molecule has 5 rings (SSSR count). The number of hydrogen-bond donors (Lipinski definition) is 2. The second-order valence-electron chi connectivity index (χ2n) is 12.9. The van der Waals surface area contributed by atoms with Crippen LogP contribution in [0.2, 0.25) is 5.02 Å². The van der Waals surface area contributed by atoms with Gasteiger partial charge in [0.2, 0.25) is 5.91 Å². The lowest BCUT2D eigenvalue weighted by molar-refractivity contribution is -0.135. The molecule has 0 aromatic heterocycles. The van der Waals surface area contributed by atoms with Crippen LogP contribution in [0.4, 0.5) is 19.3 Å². The Morgan fingerprint density at radius 1 is 1.09 bits per heavy atom. The van der Waals surface area contributed by atoms with Crippen LogP contribution in [0.1, 0.15) is 59.3 Å². The van der Waals surface area contributed by atoms with Crippen LogP contribution < -0.4 is 10.2 Å². The largest absolute Gasteiger partial charge is 0.465 e. The highest BCUT2D eigenvalue weighted by Crippen LogP contribution is 2.39. The molecule has 14 heteroatoms. The van der Waals surface area contributed by atoms with Crippen molar-refractivity contribution < 1.29 is 31.9 Å². The van der Waals surface area contributed by atoms with Crippen molar-refractivity contribution >= 4 is 39.1 Å². The topological polar surface area (TPSA) is 134 Å². The quantitative estimate of drug-likeness (QED) is 0.483. The summed E-state index contributed by atoms with van der Waals surface area (Å²) in [5, 5.41) is 18.1. The number of nitriles is 1. The molecule has 4 aliphatic rings. The fourth-order valence-corrected chi connectivity index (χ4v) is 8.33. The van der Waals surface area contributed by atoms with Gasteiger partial charge >= 0.3 is 6.09 Å². The van der Waals surface area contributed by atoms with Gasteiger partial charge in [-0.2, -0.15) is 5.26 Å². The van der Waals surface area contributed by atoms with Gasteiger partial charge in [0.15, 0.2) is 9.84 Å². The molecule has 2 N–H and O–H groups in total. The van der Waals surface area contributed by atoms with Crippen molar-refractivity contribution in [3.8, 4) is 6.07 Å². The Bertz CT molecular complexity index is 1370. The van der Waals surface area contributed by atoms with Crippen molar-refractivity contribution in [1.29, 1.82) is 5.26 Å². The van der Waals surface area contributed by atoms with Crippen LogP contribution in [0.3, 0.4) is 0 Å². The number of amides is 2. The zero-order valence-corrected chi connectivity index (χ0v) is 26.4. The Hall–Kier alpha value is -2.69. The summed E-state index contributed by atoms with van der Waals surface area (Å²) in [6.45, 7) is 9.54. The van der Waals surface area contributed by atoms with Crippen LogP contribution in [-0.4, -0.2) is 96.8 Å². The van der Waals surface area contributed by atoms with Crippen molar-refractivity contribution in [3.63, 3.8) is 0 Å². The van der Waals surface area contributed by atoms with Crippen molar-refractivity contribution in [2.75, 3.05) is 44.2 Å². The summed E-state index contributed by atoms with van der Waals surface area (Å²) in [7, 11) is -3.74. The van der Waals surface area contributed by atoms with Gasteiger partial charge in [-0.25, -0.2) is 22.0 Å². The predicted octanol–water partition coefficient (Wildman–Crippen LogP) is 4.38. The first-order valence-corrected chi connectivity index (χ1v) is 16.5. The summed E-state index contributed by atoms with van der Waals surface area (Å²) < 4.78 is 53.7. The number of nitrogens with one attached hydrogen (secondary N) is 1. The molecule has 10 nitrogen and oxygen atoms in total. The van der Waals surface area contributed by atoms with E-state index >= 15 is 0 Å². The lowest BCUT2D eigenvalue weighted by atomic mass is 10.0. The third-order valence-corrected chi connectivity index (χ3v) is 11.5. The molecule has 0 bridgehead atoms. The fourth-order valence-electron chi connectivity index (χ4n) is 5.96. The molecule has 0 radical (unpaired) electrons. The summed E-state index contributed by atoms with van der Waals surface area (Å²) in [4.78, 5) is 28.5. The Labute approximate surface area is 256 Å². The van der Waals surface area contributed by atoms with Crippen LogP contribution >= 0.6 is 11.6 Å². The SMILES string of the molecule is CC(C)(C)N1CCN(c2ccc(S(=O)(=O)[C@@H]3CC[C@@H](C(=O)N4CCC(F)(F)C4)C3)c(Cl)c2)CC1.N#CC1(NC(=O)O)CC1. The molecule has 4 fully saturated rings. The Morgan fingerprint density at radius 3 is 2.21 bits per heavy atom. The van der Waals surface area contributed by atoms with Gasteiger partial charge in [0.25, 0.3) is 5.92 Å². The van der Waals surface area contributed by atoms with Gasteiger partial charge in [-0.15, -0.1) is 0 Å². The molecule has 2 saturated carbocycles. The zero-order valence-electron chi connectivity index (χ0n) is 24.8. The highest BCUT2D eigenvalue weighted by molar-refractivity contribution is 7.92. The number of alkyl halides is 2. The van der Waals surface area contributed by atoms with E-state index in [4.69, 9.17) is 22.0 Å². The fraction of sp³-hybridized carbons (Fsp3) is 0.690. The van der Waals surface area contributed by atoms with Gasteiger partial charge in [-0.3, -0.25) is 9.69 Å². The zero-order chi connectivity index (χ0) is 31.8. The van der Waals surface area contributed by atoms with Crippen LogP contribution in [-0.2, 0) is 14.6 Å². The summed E-state index contributed by atoms with van der Waals surface area (Å²) in [6.07, 6.45) is 0.713. The first-order valence-electron chi connectivity index (χ1n) is 14.6. The lowest BCUT2D eigenvalue weighted by Crippen LogP contribution is -2.53. The number of anilines is 1. The Balaban J connectivity index is 0.000000403. The highest BCUT2D eigenvalue weighted by atomic mass is 35.5. The number of sulfone groups is 1. The maximum atomic E-state index is 13.5. The molecule has 2 aliphatic heterocycles. The molecule has 238 valence electrons. The van der Waals surface area contributed by atoms with Gasteiger partial charge in [0, 0.05) is 56.3 Å². The first kappa shape index (κ1) is 33.2. The average Bonchev–Trinajstić information content (AvgIpc) is 3.33. The van der Waals surface area contributed by atoms with E-state index in [0.29, 0.717) is 25.7 Å². The van der Waals surface area contributed by atoms with Crippen LogP contribution in [0.5, 0.6) is 0 Å². The standard InChI is InChI=1S/C24H34ClF2N3O3S.C5H6N2O2/c1-23(2,3)30-12-10-28(11-13-30)18-5-7-21(20(25)15-18)34(32,33)19-6-4-17(14-19)22(31)29-9-8-24(26,27)16-29;6-3-5(1-2-5)7-4(8)9/h5,7,15,17,19H,4,6,8-14,16H2,1-3H3;7H,1-2H2,(H,8,9)/t17-,19-;/m1./s1. The molecule has 1 aromatic rings. The van der Waals surface area contributed by atoms with Crippen LogP contribution in [0.25, 0.3) is 0 Å². The van der Waals surface area contributed by atoms with Gasteiger partial charge in [0.1, 0.15) is 5.54 Å². The molecule has 43 heavy (non-hydrogen) atoms. The molecule has 2 atom stereocenters. The third-order valence-electron chi connectivity index (χ3n) is 8.78. The van der Waals surface area contributed by atoms with E-state index in [-0.39, 0.29) is 40.8 Å². The molecule has 0 spiro atoms. The number of halogens is 3. The van der Waals surface area contributed by atoms with E-state index in [1.807, 2.05) is 6.07 Å². The van der Waals surface area contributed by atoms with Crippen molar-refractivity contribution in [3.05, 3.63) is 23.2 Å². The molecular formula is C29H40ClF2N5O5S. The second kappa shape index (κ2) is 12.4. The van der Waals surface area contributed by atoms with Gasteiger partial charge in [-0.05, 0) is 71.1 Å². The molecule has 2 amide bonds. The van der Waals surface area contributed by atoms with Crippen LogP contribution in [0, 0.1) is 17.2 Å². The minimum absolute atomic E-state index is 0.0249. The Kier molecular flexibility index (Phi) is 9.55. The smallest absolute Gasteiger partial charge is 0.405 e. The Morgan fingerprint density at radius 2 is 1.74 bits per heavy atom. The van der Waals surface area contributed by atoms with E-state index in [1.54, 1.807) is 18.2 Å². The number of likely N-dealkylation sites (tertiary alicyclic amines) is 1. The summed E-state index contributed by atoms with van der Waals surface area (Å²) in [5.74, 6) is -3.74. The maximum absolute atomic E-state index is 13.5. The first-order chi connectivity index (χ1) is 20.0. The van der Waals surface area contributed by atoms with E-state index in [1.165, 1.54) is 4.90 Å². The number of benzene rings is 1. The molecule has 2 aliphatic carbocycles. The number of carbonyl (C=O) groups excluding carboxylic acids is 1. The third kappa shape index (κ3) is 7.88. The van der Waals surface area contributed by atoms with Gasteiger partial charge in [-0.1, -0.05) is 11.6 Å². The number of nitrogens with zero attached hydrogens (tertiary/aromatic N) is 4. The van der Waals surface area contributed by atoms with E-state index in [2.05, 4.69) is 35.9 Å². The molecule has 0 unspecified atom stereocenters. The minimum atomic E-state index is -3.74. The van der Waals surface area contributed by atoms with Gasteiger partial charge in [0.05, 0.1) is 27.8 Å². The number of piperazine rings is 1. The summed E-state index contributed by atoms with van der Waals surface area (Å²) in [5.41, 5.74) is 0.274. The monoisotopic (exact) mass is 643 g/mol. The van der Waals surface area contributed by atoms with E-state index in [9.17, 15) is 26.8 Å². The lowest BCUT2D eigenvalue weighted by Gasteiger charge is -2.43. The van der Waals surface area contributed by atoms with Crippen molar-refractivity contribution in [1.82, 2.24) is 15.1 Å². The number of carboxylic acid groups (broad SMARTS) is 1. The number of carbonyl (C=O) groups is 2. The number of rotatable bonds is 5. The van der Waals surface area contributed by atoms with Gasteiger partial charge < -0.3 is 20.2 Å². The van der Waals surface area contributed by atoms with E-state index < -0.39 is 45.1 Å². The maximum Gasteiger partial charge on any atom is 0.405 e. The molecular weight excluding hydrogens is 604 g/mol. The summed E-state index contributed by atoms with van der Waals surface area (Å²) >= 11 is 6.47. The second-order valence-corrected chi connectivity index (χ2v) is 15.5. The molecule has 2 saturated heterocycles. The average molecular weight is 644 g/mol. The summed E-state index contributed by atoms with van der Waals surface area (Å²) in [6, 6.07) is 6.97. The minimum Gasteiger partial charge on any atom is -0.465 e. The molecule has 1 aromatic carbocycles. The van der Waals surface area contributed by atoms with Crippen LogP contribution in [0.15, 0.2) is 23.1 Å². The number of hydrogen-bond acceptors (Lipinski definition) is 7. The van der Waals surface area contributed by atoms with E-state index in [0.717, 1.165) is 31.9 Å².